The van der Waals surface area contributed by atoms with Gasteiger partial charge in [0.25, 0.3) is 0 Å². The maximum atomic E-state index is 13.2. The second-order valence-corrected chi connectivity index (χ2v) is 9.33. The summed E-state index contributed by atoms with van der Waals surface area (Å²) in [6, 6.07) is 14.5. The molecule has 0 spiro atoms. The molecule has 1 aliphatic carbocycles. The van der Waals surface area contributed by atoms with Crippen molar-refractivity contribution in [1.82, 2.24) is 5.32 Å². The Labute approximate surface area is 167 Å². The lowest BCUT2D eigenvalue weighted by Crippen LogP contribution is -2.50. The minimum absolute atomic E-state index is 0.0783. The Bertz CT molecular complexity index is 956. The van der Waals surface area contributed by atoms with Crippen LogP contribution in [-0.4, -0.2) is 26.6 Å². The monoisotopic (exact) mass is 400 g/mol. The number of benzene rings is 2. The van der Waals surface area contributed by atoms with Crippen LogP contribution in [0, 0.1) is 6.92 Å². The summed E-state index contributed by atoms with van der Waals surface area (Å²) < 4.78 is 26.4. The lowest BCUT2D eigenvalue weighted by molar-refractivity contribution is -0.123. The molecule has 2 aromatic rings. The first-order valence-corrected chi connectivity index (χ1v) is 11.6. The van der Waals surface area contributed by atoms with Crippen molar-refractivity contribution < 1.29 is 13.2 Å². The van der Waals surface area contributed by atoms with Crippen LogP contribution in [0.1, 0.15) is 48.9 Å². The number of nitrogens with one attached hydrogen (secondary N) is 1. The van der Waals surface area contributed by atoms with Gasteiger partial charge in [-0.25, -0.2) is 8.42 Å². The zero-order chi connectivity index (χ0) is 20.3. The van der Waals surface area contributed by atoms with Crippen LogP contribution in [0.3, 0.4) is 0 Å². The molecule has 1 aliphatic rings. The molecule has 0 aromatic heterocycles. The van der Waals surface area contributed by atoms with Gasteiger partial charge in [0.15, 0.2) is 0 Å². The number of hydrogen-bond donors (Lipinski definition) is 1. The Kier molecular flexibility index (Phi) is 6.08. The average molecular weight is 401 g/mol. The van der Waals surface area contributed by atoms with E-state index in [1.54, 1.807) is 12.1 Å². The molecule has 0 saturated heterocycles. The van der Waals surface area contributed by atoms with Gasteiger partial charge in [-0.2, -0.15) is 0 Å². The summed E-state index contributed by atoms with van der Waals surface area (Å²) in [5.41, 5.74) is 3.86. The highest BCUT2D eigenvalue weighted by Gasteiger charge is 2.33. The topological polar surface area (TPSA) is 66.5 Å². The van der Waals surface area contributed by atoms with Gasteiger partial charge in [0.1, 0.15) is 6.04 Å². The van der Waals surface area contributed by atoms with Crippen molar-refractivity contribution >= 4 is 21.6 Å². The van der Waals surface area contributed by atoms with E-state index in [0.29, 0.717) is 12.1 Å². The van der Waals surface area contributed by atoms with E-state index in [4.69, 9.17) is 0 Å². The number of carbonyl (C=O) groups excluding carboxylic acids is 1. The molecule has 2 atom stereocenters. The van der Waals surface area contributed by atoms with Gasteiger partial charge in [-0.3, -0.25) is 9.10 Å². The highest BCUT2D eigenvalue weighted by molar-refractivity contribution is 7.92. The van der Waals surface area contributed by atoms with Gasteiger partial charge in [-0.05, 0) is 61.4 Å². The van der Waals surface area contributed by atoms with Crippen molar-refractivity contribution in [2.24, 2.45) is 0 Å². The first-order valence-electron chi connectivity index (χ1n) is 9.75. The molecule has 28 heavy (non-hydrogen) atoms. The zero-order valence-corrected chi connectivity index (χ0v) is 17.5. The van der Waals surface area contributed by atoms with Crippen LogP contribution >= 0.6 is 0 Å². The largest absolute Gasteiger partial charge is 0.347 e. The van der Waals surface area contributed by atoms with Crippen molar-refractivity contribution in [3.63, 3.8) is 0 Å². The number of carbonyl (C=O) groups is 1. The number of aryl methyl sites for hydroxylation is 2. The Morgan fingerprint density at radius 2 is 1.96 bits per heavy atom. The number of rotatable bonds is 6. The van der Waals surface area contributed by atoms with Crippen molar-refractivity contribution in [3.05, 3.63) is 65.2 Å². The van der Waals surface area contributed by atoms with Gasteiger partial charge < -0.3 is 5.32 Å². The van der Waals surface area contributed by atoms with Gasteiger partial charge in [0.2, 0.25) is 15.9 Å². The summed E-state index contributed by atoms with van der Waals surface area (Å²) in [6.45, 7) is 3.75. The normalized spacial score (nSPS) is 17.5. The highest BCUT2D eigenvalue weighted by Crippen LogP contribution is 2.30. The number of amides is 1. The van der Waals surface area contributed by atoms with Crippen LogP contribution in [0.5, 0.6) is 0 Å². The summed E-state index contributed by atoms with van der Waals surface area (Å²) in [7, 11) is -3.62. The second kappa shape index (κ2) is 8.35. The first kappa shape index (κ1) is 20.4. The molecule has 2 unspecified atom stereocenters. The first-order chi connectivity index (χ1) is 13.3. The molecule has 0 fully saturated rings. The number of anilines is 1. The van der Waals surface area contributed by atoms with Crippen molar-refractivity contribution in [2.45, 2.75) is 51.6 Å². The molecule has 3 rings (SSSR count). The Morgan fingerprint density at radius 3 is 2.64 bits per heavy atom. The predicted octanol–water partition coefficient (Wildman–Crippen LogP) is 3.73. The van der Waals surface area contributed by atoms with Crippen LogP contribution in [0.4, 0.5) is 5.69 Å². The Balaban J connectivity index is 1.90. The van der Waals surface area contributed by atoms with E-state index in [-0.39, 0.29) is 11.9 Å². The average Bonchev–Trinajstić information content (AvgIpc) is 2.65. The molecule has 1 N–H and O–H groups in total. The van der Waals surface area contributed by atoms with E-state index in [1.165, 1.54) is 9.87 Å². The molecular weight excluding hydrogens is 372 g/mol. The van der Waals surface area contributed by atoms with E-state index >= 15 is 0 Å². The van der Waals surface area contributed by atoms with Crippen LogP contribution < -0.4 is 9.62 Å². The molecule has 2 aromatic carbocycles. The number of sulfonamides is 1. The fourth-order valence-corrected chi connectivity index (χ4v) is 5.20. The van der Waals surface area contributed by atoms with Crippen LogP contribution in [-0.2, 0) is 21.2 Å². The molecular formula is C22H28N2O3S. The fraction of sp³-hybridized carbons (Fsp3) is 0.409. The lowest BCUT2D eigenvalue weighted by Gasteiger charge is -2.33. The lowest BCUT2D eigenvalue weighted by atomic mass is 9.87. The van der Waals surface area contributed by atoms with Gasteiger partial charge in [0, 0.05) is 0 Å². The standard InChI is InChI=1S/C22H28N2O3S/c1-4-21(24(28(3,26)27)18-12-7-9-16(2)15-18)22(25)23-20-14-8-11-17-10-5-6-13-19(17)20/h5-7,9-10,12-13,15,20-21H,4,8,11,14H2,1-3H3,(H,23,25). The van der Waals surface area contributed by atoms with E-state index in [2.05, 4.69) is 17.4 Å². The van der Waals surface area contributed by atoms with Gasteiger partial charge in [-0.15, -0.1) is 0 Å². The number of hydrogen-bond acceptors (Lipinski definition) is 3. The minimum atomic E-state index is -3.62. The van der Waals surface area contributed by atoms with Gasteiger partial charge in [0.05, 0.1) is 18.0 Å². The van der Waals surface area contributed by atoms with Crippen molar-refractivity contribution in [3.8, 4) is 0 Å². The smallest absolute Gasteiger partial charge is 0.244 e. The highest BCUT2D eigenvalue weighted by atomic mass is 32.2. The molecule has 0 saturated carbocycles. The minimum Gasteiger partial charge on any atom is -0.347 e. The summed E-state index contributed by atoms with van der Waals surface area (Å²) in [6.07, 6.45) is 4.43. The van der Waals surface area contributed by atoms with Crippen LogP contribution in [0.2, 0.25) is 0 Å². The molecule has 1 amide bonds. The molecule has 0 radical (unpaired) electrons. The Morgan fingerprint density at radius 1 is 1.21 bits per heavy atom. The van der Waals surface area contributed by atoms with E-state index < -0.39 is 16.1 Å². The van der Waals surface area contributed by atoms with Gasteiger partial charge >= 0.3 is 0 Å². The molecule has 0 aliphatic heterocycles. The maximum absolute atomic E-state index is 13.2. The fourth-order valence-electron chi connectivity index (χ4n) is 4.00. The van der Waals surface area contributed by atoms with Crippen LogP contribution in [0.15, 0.2) is 48.5 Å². The Hall–Kier alpha value is -2.34. The van der Waals surface area contributed by atoms with E-state index in [1.807, 2.05) is 38.1 Å². The van der Waals surface area contributed by atoms with Crippen LogP contribution in [0.25, 0.3) is 0 Å². The summed E-state index contributed by atoms with van der Waals surface area (Å²) >= 11 is 0. The summed E-state index contributed by atoms with van der Waals surface area (Å²) in [4.78, 5) is 13.2. The van der Waals surface area contributed by atoms with Crippen molar-refractivity contribution in [2.75, 3.05) is 10.6 Å². The molecule has 150 valence electrons. The number of nitrogens with zero attached hydrogens (tertiary/aromatic N) is 1. The van der Waals surface area contributed by atoms with E-state index in [0.717, 1.165) is 36.6 Å². The predicted molar refractivity (Wildman–Crippen MR) is 113 cm³/mol. The number of fused-ring (bicyclic) bond motifs is 1. The quantitative estimate of drug-likeness (QED) is 0.803. The molecule has 0 heterocycles. The van der Waals surface area contributed by atoms with Gasteiger partial charge in [-0.1, -0.05) is 43.3 Å². The van der Waals surface area contributed by atoms with Crippen molar-refractivity contribution in [1.29, 1.82) is 0 Å². The molecule has 0 bridgehead atoms. The third-order valence-corrected chi connectivity index (χ3v) is 6.45. The molecule has 6 heteroatoms. The van der Waals surface area contributed by atoms with E-state index in [9.17, 15) is 13.2 Å². The SMILES string of the molecule is CCC(C(=O)NC1CCCc2ccccc21)N(c1cccc(C)c1)S(C)(=O)=O. The second-order valence-electron chi connectivity index (χ2n) is 7.47. The molecule has 5 nitrogen and oxygen atoms in total. The summed E-state index contributed by atoms with van der Waals surface area (Å²) in [5, 5.41) is 3.12. The zero-order valence-electron chi connectivity index (χ0n) is 16.7. The third-order valence-electron chi connectivity index (χ3n) is 5.27. The maximum Gasteiger partial charge on any atom is 0.244 e. The summed E-state index contributed by atoms with van der Waals surface area (Å²) in [5.74, 6) is -0.254. The third kappa shape index (κ3) is 4.38.